The largest absolute Gasteiger partial charge is 0.424 e. The van der Waals surface area contributed by atoms with E-state index >= 15 is 0 Å². The number of ether oxygens (including phenoxy) is 2. The molecule has 8 heteroatoms. The Morgan fingerprint density at radius 1 is 1.12 bits per heavy atom. The number of anilines is 2. The first-order valence-corrected chi connectivity index (χ1v) is 10.5. The Bertz CT molecular complexity index is 1140. The van der Waals surface area contributed by atoms with Crippen LogP contribution in [-0.2, 0) is 4.74 Å². The number of amides is 1. The molecule has 3 aromatic rings. The Morgan fingerprint density at radius 2 is 1.73 bits per heavy atom. The maximum absolute atomic E-state index is 13.2. The third-order valence-corrected chi connectivity index (χ3v) is 5.42. The van der Waals surface area contributed by atoms with Gasteiger partial charge in [-0.3, -0.25) is 9.36 Å². The number of pyridine rings is 1. The number of aliphatic hydroxyl groups excluding tert-OH is 2. The Labute approximate surface area is 190 Å². The first-order chi connectivity index (χ1) is 16.0. The van der Waals surface area contributed by atoms with Gasteiger partial charge in [-0.1, -0.05) is 49.1 Å². The zero-order valence-corrected chi connectivity index (χ0v) is 17.8. The number of aromatic nitrogens is 1. The van der Waals surface area contributed by atoms with Crippen LogP contribution < -0.4 is 15.2 Å². The third-order valence-electron chi connectivity index (χ3n) is 5.42. The molecule has 170 valence electrons. The summed E-state index contributed by atoms with van der Waals surface area (Å²) in [6.07, 6.45) is -0.204. The lowest BCUT2D eigenvalue weighted by Gasteiger charge is -2.23. The number of para-hydroxylation sites is 2. The Kier molecular flexibility index (Phi) is 6.69. The van der Waals surface area contributed by atoms with Crippen molar-refractivity contribution in [1.29, 1.82) is 0 Å². The molecule has 0 aliphatic carbocycles. The van der Waals surface area contributed by atoms with Crippen LogP contribution in [0.2, 0.25) is 0 Å². The lowest BCUT2D eigenvalue weighted by Crippen LogP contribution is -2.31. The van der Waals surface area contributed by atoms with Gasteiger partial charge in [0.1, 0.15) is 18.1 Å². The lowest BCUT2D eigenvalue weighted by molar-refractivity contribution is -0.0455. The van der Waals surface area contributed by atoms with Crippen LogP contribution in [-0.4, -0.2) is 39.7 Å². The summed E-state index contributed by atoms with van der Waals surface area (Å²) in [4.78, 5) is 27.7. The average Bonchev–Trinajstić information content (AvgIpc) is 3.21. The SMILES string of the molecule is C=Cc1c(OC(=O)N(c2ccccc2)c2ccccc2)ccn([C@H]2C[C@H](O)[C@@H](CO)O2)c1=O. The van der Waals surface area contributed by atoms with Crippen LogP contribution in [0.15, 0.2) is 84.3 Å². The number of rotatable bonds is 6. The molecule has 0 saturated carbocycles. The second-order valence-corrected chi connectivity index (χ2v) is 7.50. The summed E-state index contributed by atoms with van der Waals surface area (Å²) < 4.78 is 12.5. The van der Waals surface area contributed by atoms with Crippen molar-refractivity contribution in [3.63, 3.8) is 0 Å². The monoisotopic (exact) mass is 448 g/mol. The van der Waals surface area contributed by atoms with Gasteiger partial charge >= 0.3 is 6.09 Å². The van der Waals surface area contributed by atoms with Gasteiger partial charge in [-0.2, -0.15) is 0 Å². The van der Waals surface area contributed by atoms with Gasteiger partial charge in [0.15, 0.2) is 0 Å². The molecule has 0 radical (unpaired) electrons. The number of aliphatic hydroxyl groups is 2. The van der Waals surface area contributed by atoms with Gasteiger partial charge < -0.3 is 19.7 Å². The molecule has 2 N–H and O–H groups in total. The van der Waals surface area contributed by atoms with Crippen molar-refractivity contribution >= 4 is 23.5 Å². The Morgan fingerprint density at radius 3 is 2.24 bits per heavy atom. The quantitative estimate of drug-likeness (QED) is 0.599. The number of carbonyl (C=O) groups is 1. The molecule has 33 heavy (non-hydrogen) atoms. The minimum Gasteiger partial charge on any atom is -0.409 e. The van der Waals surface area contributed by atoms with Crippen molar-refractivity contribution in [3.05, 3.63) is 95.4 Å². The Balaban J connectivity index is 1.65. The zero-order chi connectivity index (χ0) is 23.4. The minimum absolute atomic E-state index is 0.0466. The van der Waals surface area contributed by atoms with Crippen LogP contribution >= 0.6 is 0 Å². The molecule has 1 saturated heterocycles. The summed E-state index contributed by atoms with van der Waals surface area (Å²) in [7, 11) is 0. The molecule has 1 aromatic heterocycles. The van der Waals surface area contributed by atoms with Gasteiger partial charge in [0, 0.05) is 12.6 Å². The highest BCUT2D eigenvalue weighted by molar-refractivity contribution is 5.97. The first kappa shape index (κ1) is 22.5. The fourth-order valence-corrected chi connectivity index (χ4v) is 3.76. The van der Waals surface area contributed by atoms with E-state index in [4.69, 9.17) is 9.47 Å². The van der Waals surface area contributed by atoms with Crippen molar-refractivity contribution in [2.75, 3.05) is 11.5 Å². The van der Waals surface area contributed by atoms with Crippen LogP contribution in [0.5, 0.6) is 5.75 Å². The number of benzene rings is 2. The summed E-state index contributed by atoms with van der Waals surface area (Å²) in [5.41, 5.74) is 0.797. The van der Waals surface area contributed by atoms with Gasteiger partial charge in [-0.25, -0.2) is 9.69 Å². The fraction of sp³-hybridized carbons (Fsp3) is 0.200. The van der Waals surface area contributed by atoms with Crippen LogP contribution in [0, 0.1) is 0 Å². The molecule has 2 aromatic carbocycles. The molecule has 2 heterocycles. The van der Waals surface area contributed by atoms with E-state index in [1.54, 1.807) is 24.3 Å². The molecule has 3 atom stereocenters. The second-order valence-electron chi connectivity index (χ2n) is 7.50. The summed E-state index contributed by atoms with van der Waals surface area (Å²) in [5, 5.41) is 19.3. The molecule has 0 unspecified atom stereocenters. The third kappa shape index (κ3) is 4.58. The van der Waals surface area contributed by atoms with Crippen LogP contribution in [0.3, 0.4) is 0 Å². The summed E-state index contributed by atoms with van der Waals surface area (Å²) in [5.74, 6) is 0.0466. The molecule has 1 amide bonds. The molecule has 1 aliphatic rings. The van der Waals surface area contributed by atoms with Crippen molar-refractivity contribution in [1.82, 2.24) is 4.57 Å². The molecular weight excluding hydrogens is 424 g/mol. The van der Waals surface area contributed by atoms with E-state index in [0.717, 1.165) is 0 Å². The van der Waals surface area contributed by atoms with Gasteiger partial charge in [0.05, 0.1) is 29.6 Å². The summed E-state index contributed by atoms with van der Waals surface area (Å²) in [6, 6.07) is 19.5. The summed E-state index contributed by atoms with van der Waals surface area (Å²) >= 11 is 0. The lowest BCUT2D eigenvalue weighted by atomic mass is 10.2. The molecule has 8 nitrogen and oxygen atoms in total. The van der Waals surface area contributed by atoms with Gasteiger partial charge in [-0.15, -0.1) is 0 Å². The van der Waals surface area contributed by atoms with Crippen LogP contribution in [0.1, 0.15) is 18.2 Å². The van der Waals surface area contributed by atoms with Crippen molar-refractivity contribution in [2.45, 2.75) is 24.9 Å². The van der Waals surface area contributed by atoms with E-state index in [1.165, 1.54) is 27.8 Å². The maximum atomic E-state index is 13.2. The highest BCUT2D eigenvalue weighted by Crippen LogP contribution is 2.30. The topological polar surface area (TPSA) is 101 Å². The highest BCUT2D eigenvalue weighted by atomic mass is 16.6. The highest BCUT2D eigenvalue weighted by Gasteiger charge is 2.35. The van der Waals surface area contributed by atoms with E-state index in [-0.39, 0.29) is 24.3 Å². The van der Waals surface area contributed by atoms with E-state index in [0.29, 0.717) is 11.4 Å². The molecule has 1 fully saturated rings. The van der Waals surface area contributed by atoms with E-state index in [1.807, 2.05) is 36.4 Å². The fourth-order valence-electron chi connectivity index (χ4n) is 3.76. The van der Waals surface area contributed by atoms with E-state index < -0.39 is 30.1 Å². The second kappa shape index (κ2) is 9.83. The molecular formula is C25H24N2O6. The average molecular weight is 448 g/mol. The number of nitrogens with zero attached hydrogens (tertiary/aromatic N) is 2. The predicted molar refractivity (Wildman–Crippen MR) is 123 cm³/mol. The summed E-state index contributed by atoms with van der Waals surface area (Å²) in [6.45, 7) is 3.33. The van der Waals surface area contributed by atoms with Crippen molar-refractivity contribution < 1.29 is 24.5 Å². The molecule has 0 bridgehead atoms. The van der Waals surface area contributed by atoms with Crippen LogP contribution in [0.25, 0.3) is 6.08 Å². The van der Waals surface area contributed by atoms with E-state index in [2.05, 4.69) is 6.58 Å². The van der Waals surface area contributed by atoms with Crippen LogP contribution in [0.4, 0.5) is 16.2 Å². The van der Waals surface area contributed by atoms with Gasteiger partial charge in [0.25, 0.3) is 5.56 Å². The molecule has 1 aliphatic heterocycles. The van der Waals surface area contributed by atoms with E-state index in [9.17, 15) is 19.8 Å². The standard InChI is InChI=1S/C25H24N2O6/c1-2-19-21(13-14-26(24(19)30)23-15-20(29)22(16-28)32-23)33-25(31)27(17-9-5-3-6-10-17)18-11-7-4-8-12-18/h2-14,20,22-23,28-29H,1,15-16H2/t20-,22+,23+/m0/s1. The van der Waals surface area contributed by atoms with Gasteiger partial charge in [-0.05, 0) is 30.3 Å². The normalized spacial score (nSPS) is 19.8. The smallest absolute Gasteiger partial charge is 0.409 e. The predicted octanol–water partition coefficient (Wildman–Crippen LogP) is 3.47. The minimum atomic E-state index is -0.887. The number of carbonyl (C=O) groups excluding carboxylic acids is 1. The number of hydrogen-bond donors (Lipinski definition) is 2. The van der Waals surface area contributed by atoms with Crippen molar-refractivity contribution in [3.8, 4) is 5.75 Å². The Hall–Kier alpha value is -3.72. The molecule has 0 spiro atoms. The zero-order valence-electron chi connectivity index (χ0n) is 17.8. The van der Waals surface area contributed by atoms with Gasteiger partial charge in [0.2, 0.25) is 0 Å². The first-order valence-electron chi connectivity index (χ1n) is 10.5. The van der Waals surface area contributed by atoms with Crippen molar-refractivity contribution in [2.24, 2.45) is 0 Å². The molecule has 4 rings (SSSR count). The number of hydrogen-bond acceptors (Lipinski definition) is 6. The maximum Gasteiger partial charge on any atom is 0.424 e.